The molecule has 0 aliphatic carbocycles. The summed E-state index contributed by atoms with van der Waals surface area (Å²) in [6.45, 7) is 3.82. The van der Waals surface area contributed by atoms with Crippen molar-refractivity contribution in [3.63, 3.8) is 0 Å². The van der Waals surface area contributed by atoms with E-state index in [-0.39, 0.29) is 24.4 Å². The molecule has 2 aromatic carbocycles. The van der Waals surface area contributed by atoms with Crippen molar-refractivity contribution in [1.82, 2.24) is 10.2 Å². The highest BCUT2D eigenvalue weighted by atomic mass is 32.1. The molecule has 0 spiro atoms. The van der Waals surface area contributed by atoms with Crippen molar-refractivity contribution in [3.8, 4) is 0 Å². The van der Waals surface area contributed by atoms with E-state index >= 15 is 0 Å². The van der Waals surface area contributed by atoms with Gasteiger partial charge in [0.25, 0.3) is 0 Å². The third-order valence-corrected chi connectivity index (χ3v) is 5.78. The first kappa shape index (κ1) is 21.7. The second-order valence-electron chi connectivity index (χ2n) is 7.36. The fourth-order valence-corrected chi connectivity index (χ4v) is 4.04. The van der Waals surface area contributed by atoms with Crippen LogP contribution in [0.25, 0.3) is 0 Å². The maximum absolute atomic E-state index is 12.9. The monoisotopic (exact) mass is 421 g/mol. The Kier molecular flexibility index (Phi) is 7.38. The minimum absolute atomic E-state index is 0.00621. The molecule has 0 saturated heterocycles. The molecule has 0 radical (unpaired) electrons. The first-order chi connectivity index (χ1) is 14.4. The average Bonchev–Trinajstić information content (AvgIpc) is 3.28. The summed E-state index contributed by atoms with van der Waals surface area (Å²) in [5.74, 6) is -0.355. The Labute approximate surface area is 181 Å². The summed E-state index contributed by atoms with van der Waals surface area (Å²) >= 11 is 1.65. The largest absolute Gasteiger partial charge is 0.335 e. The van der Waals surface area contributed by atoms with Crippen molar-refractivity contribution < 1.29 is 9.59 Å². The molecular formula is C24H27N3O2S. The quantitative estimate of drug-likeness (QED) is 0.572. The van der Waals surface area contributed by atoms with Crippen LogP contribution in [0.5, 0.6) is 0 Å². The second-order valence-corrected chi connectivity index (χ2v) is 8.34. The molecular weight excluding hydrogens is 394 g/mol. The van der Waals surface area contributed by atoms with Crippen LogP contribution in [-0.4, -0.2) is 36.3 Å². The van der Waals surface area contributed by atoms with Crippen molar-refractivity contribution in [1.29, 1.82) is 0 Å². The van der Waals surface area contributed by atoms with Crippen LogP contribution in [-0.2, 0) is 9.59 Å². The molecule has 0 unspecified atom stereocenters. The highest BCUT2D eigenvalue weighted by Gasteiger charge is 2.24. The van der Waals surface area contributed by atoms with Gasteiger partial charge in [-0.1, -0.05) is 54.1 Å². The zero-order chi connectivity index (χ0) is 21.5. The fraction of sp³-hybridized carbons (Fsp3) is 0.250. The number of carbonyl (C=O) groups excluding carboxylic acids is 2. The number of hydrogen-bond acceptors (Lipinski definition) is 4. The standard InChI is InChI=1S/C24H27N3O2S/c1-17-11-13-20(14-12-17)26-22(28)16-27(3)24(29)18(2)25-23(21-10-7-15-30-21)19-8-5-4-6-9-19/h4-15,18,23,25H,16H2,1-3H3,(H,26,28)/t18-,23+/m0/s1. The first-order valence-corrected chi connectivity index (χ1v) is 10.8. The molecule has 5 nitrogen and oxygen atoms in total. The van der Waals surface area contributed by atoms with Gasteiger partial charge in [0.05, 0.1) is 18.6 Å². The number of hydrogen-bond donors (Lipinski definition) is 2. The molecule has 3 rings (SSSR count). The maximum Gasteiger partial charge on any atom is 0.243 e. The van der Waals surface area contributed by atoms with Gasteiger partial charge >= 0.3 is 0 Å². The Bertz CT molecular complexity index is 956. The zero-order valence-corrected chi connectivity index (χ0v) is 18.3. The summed E-state index contributed by atoms with van der Waals surface area (Å²) < 4.78 is 0. The fourth-order valence-electron chi connectivity index (χ4n) is 3.23. The Morgan fingerprint density at radius 1 is 1.00 bits per heavy atom. The summed E-state index contributed by atoms with van der Waals surface area (Å²) in [7, 11) is 1.65. The van der Waals surface area contributed by atoms with Gasteiger partial charge in [0.2, 0.25) is 11.8 Å². The Balaban J connectivity index is 1.61. The molecule has 3 aromatic rings. The van der Waals surface area contributed by atoms with E-state index in [0.29, 0.717) is 0 Å². The number of nitrogens with zero attached hydrogens (tertiary/aromatic N) is 1. The van der Waals surface area contributed by atoms with E-state index in [0.717, 1.165) is 21.7 Å². The van der Waals surface area contributed by atoms with Crippen molar-refractivity contribution in [2.75, 3.05) is 18.9 Å². The van der Waals surface area contributed by atoms with Gasteiger partial charge in [-0.25, -0.2) is 0 Å². The van der Waals surface area contributed by atoms with Gasteiger partial charge in [-0.15, -0.1) is 11.3 Å². The molecule has 2 amide bonds. The van der Waals surface area contributed by atoms with E-state index in [1.165, 1.54) is 4.90 Å². The van der Waals surface area contributed by atoms with E-state index in [4.69, 9.17) is 0 Å². The normalized spacial score (nSPS) is 12.8. The summed E-state index contributed by atoms with van der Waals surface area (Å²) in [4.78, 5) is 27.8. The number of likely N-dealkylation sites (N-methyl/N-ethyl adjacent to an activating group) is 1. The molecule has 0 fully saturated rings. The lowest BCUT2D eigenvalue weighted by Gasteiger charge is -2.26. The van der Waals surface area contributed by atoms with Crippen molar-refractivity contribution >= 4 is 28.8 Å². The topological polar surface area (TPSA) is 61.4 Å². The molecule has 156 valence electrons. The molecule has 2 atom stereocenters. The van der Waals surface area contributed by atoms with Crippen LogP contribution in [0, 0.1) is 6.92 Å². The Morgan fingerprint density at radius 3 is 2.33 bits per heavy atom. The third kappa shape index (κ3) is 5.78. The second kappa shape index (κ2) is 10.2. The molecule has 2 N–H and O–H groups in total. The van der Waals surface area contributed by atoms with E-state index in [2.05, 4.69) is 16.7 Å². The van der Waals surface area contributed by atoms with Gasteiger partial charge in [-0.05, 0) is 43.0 Å². The van der Waals surface area contributed by atoms with Crippen LogP contribution in [0.3, 0.4) is 0 Å². The van der Waals surface area contributed by atoms with Gasteiger partial charge in [0.1, 0.15) is 0 Å². The number of thiophene rings is 1. The van der Waals surface area contributed by atoms with Crippen LogP contribution >= 0.6 is 11.3 Å². The maximum atomic E-state index is 12.9. The van der Waals surface area contributed by atoms with Gasteiger partial charge in [0.15, 0.2) is 0 Å². The minimum atomic E-state index is -0.450. The number of rotatable bonds is 8. The predicted molar refractivity (Wildman–Crippen MR) is 123 cm³/mol. The Morgan fingerprint density at radius 2 is 1.70 bits per heavy atom. The number of benzene rings is 2. The SMILES string of the molecule is Cc1ccc(NC(=O)CN(C)C(=O)[C@H](C)N[C@H](c2ccccc2)c2cccs2)cc1. The van der Waals surface area contributed by atoms with Gasteiger partial charge in [-0.2, -0.15) is 0 Å². The van der Waals surface area contributed by atoms with Gasteiger partial charge in [0, 0.05) is 17.6 Å². The van der Waals surface area contributed by atoms with Gasteiger partial charge in [-0.3, -0.25) is 14.9 Å². The van der Waals surface area contributed by atoms with E-state index in [1.54, 1.807) is 18.4 Å². The van der Waals surface area contributed by atoms with E-state index in [9.17, 15) is 9.59 Å². The number of aryl methyl sites for hydroxylation is 1. The molecule has 1 heterocycles. The third-order valence-electron chi connectivity index (χ3n) is 4.84. The lowest BCUT2D eigenvalue weighted by atomic mass is 10.0. The zero-order valence-electron chi connectivity index (χ0n) is 17.5. The number of anilines is 1. The summed E-state index contributed by atoms with van der Waals surface area (Å²) in [6, 6.07) is 21.2. The molecule has 6 heteroatoms. The van der Waals surface area contributed by atoms with Crippen LogP contribution in [0.1, 0.15) is 29.0 Å². The molecule has 0 bridgehead atoms. The highest BCUT2D eigenvalue weighted by Crippen LogP contribution is 2.26. The lowest BCUT2D eigenvalue weighted by molar-refractivity contribution is -0.134. The Hall–Kier alpha value is -2.96. The smallest absolute Gasteiger partial charge is 0.243 e. The predicted octanol–water partition coefficient (Wildman–Crippen LogP) is 4.22. The van der Waals surface area contributed by atoms with Gasteiger partial charge < -0.3 is 10.2 Å². The number of amides is 2. The van der Waals surface area contributed by atoms with Crippen LogP contribution < -0.4 is 10.6 Å². The first-order valence-electron chi connectivity index (χ1n) is 9.90. The van der Waals surface area contributed by atoms with E-state index < -0.39 is 6.04 Å². The molecule has 1 aromatic heterocycles. The minimum Gasteiger partial charge on any atom is -0.335 e. The summed E-state index contributed by atoms with van der Waals surface area (Å²) in [5, 5.41) is 8.29. The van der Waals surface area contributed by atoms with Crippen LogP contribution in [0.15, 0.2) is 72.1 Å². The van der Waals surface area contributed by atoms with Crippen molar-refractivity contribution in [2.45, 2.75) is 25.9 Å². The lowest BCUT2D eigenvalue weighted by Crippen LogP contribution is -2.46. The molecule has 0 aliphatic heterocycles. The van der Waals surface area contributed by atoms with E-state index in [1.807, 2.05) is 79.9 Å². The molecule has 0 aliphatic rings. The number of carbonyl (C=O) groups is 2. The van der Waals surface area contributed by atoms with Crippen LogP contribution in [0.2, 0.25) is 0 Å². The molecule has 0 saturated carbocycles. The summed E-state index contributed by atoms with van der Waals surface area (Å²) in [6.07, 6.45) is 0. The van der Waals surface area contributed by atoms with Crippen molar-refractivity contribution in [3.05, 3.63) is 88.1 Å². The highest BCUT2D eigenvalue weighted by molar-refractivity contribution is 7.10. The van der Waals surface area contributed by atoms with Crippen LogP contribution in [0.4, 0.5) is 5.69 Å². The van der Waals surface area contributed by atoms with Crippen molar-refractivity contribution in [2.24, 2.45) is 0 Å². The average molecular weight is 422 g/mol. The summed E-state index contributed by atoms with van der Waals surface area (Å²) in [5.41, 5.74) is 2.94. The number of nitrogens with one attached hydrogen (secondary N) is 2. The molecule has 30 heavy (non-hydrogen) atoms.